The van der Waals surface area contributed by atoms with Crippen molar-refractivity contribution in [3.05, 3.63) is 59.7 Å². The molecule has 2 aromatic carbocycles. The zero-order valence-corrected chi connectivity index (χ0v) is 19.2. The van der Waals surface area contributed by atoms with E-state index < -0.39 is 21.0 Å². The second kappa shape index (κ2) is 8.97. The molecule has 1 amide bonds. The van der Waals surface area contributed by atoms with Crippen LogP contribution in [0.3, 0.4) is 0 Å². The van der Waals surface area contributed by atoms with Crippen molar-refractivity contribution in [2.24, 2.45) is 0 Å². The molecule has 182 valence electrons. The Labute approximate surface area is 188 Å². The third-order valence-electron chi connectivity index (χ3n) is 4.20. The van der Waals surface area contributed by atoms with E-state index in [4.69, 9.17) is 14.2 Å². The number of rotatable bonds is 9. The number of carbonyl (C=O) groups is 1. The number of carbonyl (C=O) groups excluding carboxylic acids is 1. The van der Waals surface area contributed by atoms with Crippen LogP contribution in [-0.4, -0.2) is 26.7 Å². The summed E-state index contributed by atoms with van der Waals surface area (Å²) in [6, 6.07) is 5.17. The van der Waals surface area contributed by atoms with E-state index in [2.05, 4.69) is 5.32 Å². The van der Waals surface area contributed by atoms with Crippen LogP contribution in [0.4, 0.5) is 25.1 Å². The largest absolute Gasteiger partial charge is 0.493 e. The Bertz CT molecular complexity index is 1050. The summed E-state index contributed by atoms with van der Waals surface area (Å²) < 4.78 is 80.3. The molecule has 2 rings (SSSR count). The standard InChI is InChI=1S/C22H24F5NO4S/c1-15(2)11-12-32-22-19(30-3)13-16(14-20(22)31-4)5-10-21(29)28-17-6-8-18(9-7-17)33(23,24,25,26)27/h5-11,13-14H,12H2,1-4H3,(H,28,29)/b10-5+. The quantitative estimate of drug-likeness (QED) is 0.225. The lowest BCUT2D eigenvalue weighted by Gasteiger charge is -2.40. The number of hydrogen-bond acceptors (Lipinski definition) is 4. The van der Waals surface area contributed by atoms with Crippen molar-refractivity contribution in [2.75, 3.05) is 26.1 Å². The summed E-state index contributed by atoms with van der Waals surface area (Å²) in [5.74, 6) is 0.423. The van der Waals surface area contributed by atoms with Crippen LogP contribution in [0, 0.1) is 0 Å². The van der Waals surface area contributed by atoms with E-state index in [0.717, 1.165) is 23.8 Å². The Balaban J connectivity index is 2.16. The molecule has 0 radical (unpaired) electrons. The van der Waals surface area contributed by atoms with E-state index in [-0.39, 0.29) is 17.8 Å². The van der Waals surface area contributed by atoms with Gasteiger partial charge in [0, 0.05) is 11.8 Å². The van der Waals surface area contributed by atoms with Crippen molar-refractivity contribution in [2.45, 2.75) is 18.7 Å². The van der Waals surface area contributed by atoms with Gasteiger partial charge < -0.3 is 19.5 Å². The average molecular weight is 493 g/mol. The third kappa shape index (κ3) is 7.70. The van der Waals surface area contributed by atoms with Crippen LogP contribution < -0.4 is 19.5 Å². The van der Waals surface area contributed by atoms with Crippen LogP contribution in [0.25, 0.3) is 6.08 Å². The molecule has 0 saturated heterocycles. The number of anilines is 1. The van der Waals surface area contributed by atoms with Gasteiger partial charge in [0.05, 0.1) is 14.2 Å². The molecule has 0 saturated carbocycles. The Kier molecular flexibility index (Phi) is 7.08. The van der Waals surface area contributed by atoms with Crippen molar-refractivity contribution >= 4 is 27.9 Å². The molecule has 0 heterocycles. The van der Waals surface area contributed by atoms with Crippen molar-refractivity contribution < 1.29 is 38.4 Å². The van der Waals surface area contributed by atoms with Crippen molar-refractivity contribution in [3.63, 3.8) is 0 Å². The summed E-state index contributed by atoms with van der Waals surface area (Å²) in [5.41, 5.74) is 1.51. The second-order valence-corrected chi connectivity index (χ2v) is 9.57. The molecule has 0 aliphatic heterocycles. The highest BCUT2D eigenvalue weighted by Gasteiger charge is 2.65. The maximum atomic E-state index is 12.8. The number of methoxy groups -OCH3 is 2. The molecule has 0 aromatic heterocycles. The molecular formula is C22H24F5NO4S. The van der Waals surface area contributed by atoms with Crippen LogP contribution in [0.1, 0.15) is 19.4 Å². The van der Waals surface area contributed by atoms with Crippen LogP contribution in [0.2, 0.25) is 0 Å². The molecule has 0 atom stereocenters. The van der Waals surface area contributed by atoms with Gasteiger partial charge in [-0.2, -0.15) is 0 Å². The van der Waals surface area contributed by atoms with E-state index in [1.165, 1.54) is 20.3 Å². The summed E-state index contributed by atoms with van der Waals surface area (Å²) in [7, 11) is -6.88. The maximum Gasteiger partial charge on any atom is 0.310 e. The van der Waals surface area contributed by atoms with E-state index >= 15 is 0 Å². The van der Waals surface area contributed by atoms with Crippen LogP contribution in [-0.2, 0) is 4.79 Å². The summed E-state index contributed by atoms with van der Waals surface area (Å²) in [6.07, 6.45) is 4.42. The molecule has 0 spiro atoms. The predicted molar refractivity (Wildman–Crippen MR) is 120 cm³/mol. The summed E-state index contributed by atoms with van der Waals surface area (Å²) in [5, 5.41) is 2.30. The van der Waals surface area contributed by atoms with Crippen LogP contribution in [0.5, 0.6) is 17.2 Å². The van der Waals surface area contributed by atoms with Gasteiger partial charge in [0.25, 0.3) is 0 Å². The fraction of sp³-hybridized carbons (Fsp3) is 0.227. The lowest BCUT2D eigenvalue weighted by atomic mass is 10.1. The fourth-order valence-electron chi connectivity index (χ4n) is 2.58. The maximum absolute atomic E-state index is 12.8. The highest BCUT2D eigenvalue weighted by atomic mass is 32.5. The third-order valence-corrected chi connectivity index (χ3v) is 5.36. The van der Waals surface area contributed by atoms with Gasteiger partial charge in [-0.3, -0.25) is 4.79 Å². The fourth-order valence-corrected chi connectivity index (χ4v) is 3.23. The van der Waals surface area contributed by atoms with Gasteiger partial charge in [-0.15, -0.1) is 0 Å². The molecule has 11 heteroatoms. The molecule has 5 nitrogen and oxygen atoms in total. The Morgan fingerprint density at radius 2 is 1.52 bits per heavy atom. The average Bonchev–Trinajstić information content (AvgIpc) is 2.70. The zero-order valence-electron chi connectivity index (χ0n) is 18.3. The van der Waals surface area contributed by atoms with Crippen molar-refractivity contribution in [1.82, 2.24) is 0 Å². The van der Waals surface area contributed by atoms with Gasteiger partial charge in [0.1, 0.15) is 11.5 Å². The minimum atomic E-state index is -9.77. The first kappa shape index (κ1) is 26.0. The number of nitrogens with one attached hydrogen (secondary N) is 1. The smallest absolute Gasteiger partial charge is 0.310 e. The van der Waals surface area contributed by atoms with Crippen molar-refractivity contribution in [3.8, 4) is 17.2 Å². The summed E-state index contributed by atoms with van der Waals surface area (Å²) in [6.45, 7) is 4.16. The second-order valence-electron chi connectivity index (χ2n) is 7.16. The minimum absolute atomic E-state index is 0.0755. The van der Waals surface area contributed by atoms with Gasteiger partial charge in [-0.25, -0.2) is 0 Å². The molecule has 0 bridgehead atoms. The topological polar surface area (TPSA) is 56.8 Å². The molecule has 0 fully saturated rings. The Morgan fingerprint density at radius 3 is 1.97 bits per heavy atom. The Morgan fingerprint density at radius 1 is 0.970 bits per heavy atom. The minimum Gasteiger partial charge on any atom is -0.493 e. The lowest BCUT2D eigenvalue weighted by Crippen LogP contribution is -2.09. The molecule has 0 aliphatic carbocycles. The van der Waals surface area contributed by atoms with Gasteiger partial charge in [0.15, 0.2) is 11.5 Å². The molecule has 1 N–H and O–H groups in total. The number of benzene rings is 2. The highest BCUT2D eigenvalue weighted by Crippen LogP contribution is 3.02. The van der Waals surface area contributed by atoms with E-state index in [0.29, 0.717) is 29.4 Å². The first-order valence-corrected chi connectivity index (χ1v) is 11.4. The number of hydrogen-bond donors (Lipinski definition) is 1. The molecule has 2 aromatic rings. The van der Waals surface area contributed by atoms with Gasteiger partial charge in [-0.05, 0) is 68.0 Å². The molecular weight excluding hydrogens is 469 g/mol. The van der Waals surface area contributed by atoms with Crippen LogP contribution in [0.15, 0.2) is 59.0 Å². The first-order chi connectivity index (χ1) is 15.1. The highest BCUT2D eigenvalue weighted by molar-refractivity contribution is 8.45. The summed E-state index contributed by atoms with van der Waals surface area (Å²) >= 11 is 0. The van der Waals surface area contributed by atoms with E-state index in [1.54, 1.807) is 12.1 Å². The monoisotopic (exact) mass is 493 g/mol. The van der Waals surface area contributed by atoms with E-state index in [1.807, 2.05) is 19.9 Å². The molecule has 0 aliphatic rings. The Hall–Kier alpha value is -3.21. The molecule has 0 unspecified atom stereocenters. The molecule has 33 heavy (non-hydrogen) atoms. The van der Waals surface area contributed by atoms with E-state index in [9.17, 15) is 24.2 Å². The van der Waals surface area contributed by atoms with Crippen molar-refractivity contribution in [1.29, 1.82) is 0 Å². The van der Waals surface area contributed by atoms with Crippen LogP contribution >= 0.6 is 10.2 Å². The normalized spacial score (nSPS) is 13.6. The van der Waals surface area contributed by atoms with Gasteiger partial charge in [-0.1, -0.05) is 25.0 Å². The number of amides is 1. The predicted octanol–water partition coefficient (Wildman–Crippen LogP) is 7.36. The van der Waals surface area contributed by atoms with Gasteiger partial charge in [0.2, 0.25) is 11.7 Å². The number of allylic oxidation sites excluding steroid dienone is 1. The summed E-state index contributed by atoms with van der Waals surface area (Å²) in [4.78, 5) is 10.1. The number of halogens is 5. The SMILES string of the molecule is COc1cc(/C=C/C(=O)Nc2ccc(S(F)(F)(F)(F)F)cc2)cc(OC)c1OCC=C(C)C. The zero-order chi connectivity index (χ0) is 24.9. The lowest BCUT2D eigenvalue weighted by molar-refractivity contribution is -0.111. The first-order valence-electron chi connectivity index (χ1n) is 9.48. The van der Waals surface area contributed by atoms with Gasteiger partial charge >= 0.3 is 10.2 Å². The number of ether oxygens (including phenoxy) is 3.